The summed E-state index contributed by atoms with van der Waals surface area (Å²) in [6.07, 6.45) is 1.72. The van der Waals surface area contributed by atoms with E-state index in [1.54, 1.807) is 11.2 Å². The lowest BCUT2D eigenvalue weighted by Gasteiger charge is -2.18. The predicted octanol–water partition coefficient (Wildman–Crippen LogP) is 3.00. The van der Waals surface area contributed by atoms with Gasteiger partial charge in [0.25, 0.3) is 0 Å². The van der Waals surface area contributed by atoms with Crippen molar-refractivity contribution in [2.24, 2.45) is 0 Å². The smallest absolute Gasteiger partial charge is 0.242 e. The van der Waals surface area contributed by atoms with Gasteiger partial charge in [-0.15, -0.1) is 0 Å². The first-order valence-corrected chi connectivity index (χ1v) is 7.33. The number of fused-ring (bicyclic) bond motifs is 1. The van der Waals surface area contributed by atoms with E-state index in [1.807, 2.05) is 35.9 Å². The summed E-state index contributed by atoms with van der Waals surface area (Å²) in [6.45, 7) is 2.98. The van der Waals surface area contributed by atoms with Crippen molar-refractivity contribution in [2.75, 3.05) is 7.05 Å². The van der Waals surface area contributed by atoms with Crippen molar-refractivity contribution in [3.8, 4) is 0 Å². The zero-order valence-corrected chi connectivity index (χ0v) is 12.9. The molecule has 0 fully saturated rings. The third-order valence-electron chi connectivity index (χ3n) is 3.80. The first-order chi connectivity index (χ1) is 10.6. The predicted molar refractivity (Wildman–Crippen MR) is 87.4 cm³/mol. The van der Waals surface area contributed by atoms with Gasteiger partial charge in [-0.2, -0.15) is 0 Å². The summed E-state index contributed by atoms with van der Waals surface area (Å²) >= 11 is 0. The molecular formula is C18H19N3O. The van der Waals surface area contributed by atoms with Crippen LogP contribution in [0.15, 0.2) is 54.9 Å². The number of carbonyl (C=O) groups excluding carboxylic acids is 1. The van der Waals surface area contributed by atoms with E-state index in [0.717, 1.165) is 16.6 Å². The summed E-state index contributed by atoms with van der Waals surface area (Å²) in [5, 5.41) is 0. The first kappa shape index (κ1) is 14.3. The van der Waals surface area contributed by atoms with Crippen LogP contribution in [0.5, 0.6) is 0 Å². The minimum absolute atomic E-state index is 0.0729. The van der Waals surface area contributed by atoms with Crippen molar-refractivity contribution in [2.45, 2.75) is 20.0 Å². The fraction of sp³-hybridized carbons (Fsp3) is 0.222. The number of aromatic nitrogens is 2. The third-order valence-corrected chi connectivity index (χ3v) is 3.80. The van der Waals surface area contributed by atoms with Crippen molar-refractivity contribution in [1.29, 1.82) is 0 Å². The fourth-order valence-corrected chi connectivity index (χ4v) is 2.46. The highest BCUT2D eigenvalue weighted by molar-refractivity contribution is 5.80. The second-order valence-electron chi connectivity index (χ2n) is 5.60. The number of para-hydroxylation sites is 2. The van der Waals surface area contributed by atoms with Gasteiger partial charge in [-0.05, 0) is 24.6 Å². The van der Waals surface area contributed by atoms with E-state index in [4.69, 9.17) is 0 Å². The van der Waals surface area contributed by atoms with Crippen molar-refractivity contribution in [1.82, 2.24) is 14.5 Å². The SMILES string of the molecule is Cc1ccc(CN(C)C(=O)Cn2cnc3ccccc32)cc1. The Morgan fingerprint density at radius 2 is 1.86 bits per heavy atom. The highest BCUT2D eigenvalue weighted by atomic mass is 16.2. The average molecular weight is 293 g/mol. The lowest BCUT2D eigenvalue weighted by Crippen LogP contribution is -2.29. The van der Waals surface area contributed by atoms with E-state index in [-0.39, 0.29) is 5.91 Å². The Labute approximate surface area is 130 Å². The molecule has 3 aromatic rings. The quantitative estimate of drug-likeness (QED) is 0.741. The van der Waals surface area contributed by atoms with Crippen molar-refractivity contribution in [3.63, 3.8) is 0 Å². The van der Waals surface area contributed by atoms with Crippen LogP contribution < -0.4 is 0 Å². The highest BCUT2D eigenvalue weighted by Gasteiger charge is 2.11. The molecule has 0 aliphatic heterocycles. The first-order valence-electron chi connectivity index (χ1n) is 7.33. The molecule has 1 amide bonds. The minimum atomic E-state index is 0.0729. The standard InChI is InChI=1S/C18H19N3O/c1-14-7-9-15(10-8-14)11-20(2)18(22)12-21-13-19-16-5-3-4-6-17(16)21/h3-10,13H,11-12H2,1-2H3. The maximum atomic E-state index is 12.4. The molecule has 0 spiro atoms. The Hall–Kier alpha value is -2.62. The van der Waals surface area contributed by atoms with E-state index < -0.39 is 0 Å². The zero-order valence-electron chi connectivity index (χ0n) is 12.9. The number of likely N-dealkylation sites (N-methyl/N-ethyl adjacent to an activating group) is 1. The van der Waals surface area contributed by atoms with E-state index in [1.165, 1.54) is 5.56 Å². The third kappa shape index (κ3) is 3.01. The summed E-state index contributed by atoms with van der Waals surface area (Å²) in [5.41, 5.74) is 4.26. The summed E-state index contributed by atoms with van der Waals surface area (Å²) < 4.78 is 1.89. The lowest BCUT2D eigenvalue weighted by molar-refractivity contribution is -0.131. The molecule has 3 rings (SSSR count). The number of hydrogen-bond donors (Lipinski definition) is 0. The summed E-state index contributed by atoms with van der Waals surface area (Å²) in [5.74, 6) is 0.0729. The van der Waals surface area contributed by atoms with Crippen LogP contribution in [0.4, 0.5) is 0 Å². The summed E-state index contributed by atoms with van der Waals surface area (Å²) in [7, 11) is 1.83. The lowest BCUT2D eigenvalue weighted by atomic mass is 10.1. The van der Waals surface area contributed by atoms with Crippen molar-refractivity contribution < 1.29 is 4.79 Å². The molecule has 0 aliphatic rings. The van der Waals surface area contributed by atoms with Crippen LogP contribution >= 0.6 is 0 Å². The normalized spacial score (nSPS) is 10.8. The number of aryl methyl sites for hydroxylation is 1. The van der Waals surface area contributed by atoms with Crippen LogP contribution in [0, 0.1) is 6.92 Å². The molecule has 0 saturated carbocycles. The van der Waals surface area contributed by atoms with Gasteiger partial charge in [-0.3, -0.25) is 4.79 Å². The molecule has 4 nitrogen and oxygen atoms in total. The van der Waals surface area contributed by atoms with Crippen LogP contribution in [0.2, 0.25) is 0 Å². The van der Waals surface area contributed by atoms with Crippen molar-refractivity contribution >= 4 is 16.9 Å². The number of hydrogen-bond acceptors (Lipinski definition) is 2. The van der Waals surface area contributed by atoms with Gasteiger partial charge in [-0.1, -0.05) is 42.0 Å². The number of rotatable bonds is 4. The number of benzene rings is 2. The maximum Gasteiger partial charge on any atom is 0.242 e. The number of carbonyl (C=O) groups is 1. The van der Waals surface area contributed by atoms with Crippen LogP contribution in [-0.4, -0.2) is 27.4 Å². The Bertz CT molecular complexity index is 789. The fourth-order valence-electron chi connectivity index (χ4n) is 2.46. The number of amides is 1. The molecule has 1 aromatic heterocycles. The molecule has 2 aromatic carbocycles. The Kier molecular flexibility index (Phi) is 3.92. The van der Waals surface area contributed by atoms with E-state index in [9.17, 15) is 4.79 Å². The Morgan fingerprint density at radius 3 is 2.64 bits per heavy atom. The van der Waals surface area contributed by atoms with Crippen LogP contribution in [0.3, 0.4) is 0 Å². The van der Waals surface area contributed by atoms with Gasteiger partial charge in [0.05, 0.1) is 17.4 Å². The maximum absolute atomic E-state index is 12.4. The zero-order chi connectivity index (χ0) is 15.5. The van der Waals surface area contributed by atoms with Gasteiger partial charge in [0, 0.05) is 13.6 Å². The van der Waals surface area contributed by atoms with E-state index in [0.29, 0.717) is 13.1 Å². The summed E-state index contributed by atoms with van der Waals surface area (Å²) in [6, 6.07) is 16.1. The molecule has 0 saturated heterocycles. The molecule has 112 valence electrons. The van der Waals surface area contributed by atoms with Gasteiger partial charge in [0.1, 0.15) is 6.54 Å². The van der Waals surface area contributed by atoms with Crippen LogP contribution in [0.25, 0.3) is 11.0 Å². The molecule has 4 heteroatoms. The molecule has 0 N–H and O–H groups in total. The topological polar surface area (TPSA) is 38.1 Å². The van der Waals surface area contributed by atoms with Gasteiger partial charge >= 0.3 is 0 Å². The van der Waals surface area contributed by atoms with Gasteiger partial charge in [-0.25, -0.2) is 4.98 Å². The van der Waals surface area contributed by atoms with Gasteiger partial charge in [0.15, 0.2) is 0 Å². The van der Waals surface area contributed by atoms with Crippen LogP contribution in [0.1, 0.15) is 11.1 Å². The number of nitrogens with zero attached hydrogens (tertiary/aromatic N) is 3. The van der Waals surface area contributed by atoms with Gasteiger partial charge in [0.2, 0.25) is 5.91 Å². The molecule has 0 radical (unpaired) electrons. The molecule has 0 bridgehead atoms. The summed E-state index contributed by atoms with van der Waals surface area (Å²) in [4.78, 5) is 18.5. The monoisotopic (exact) mass is 293 g/mol. The molecule has 0 atom stereocenters. The highest BCUT2D eigenvalue weighted by Crippen LogP contribution is 2.12. The Balaban J connectivity index is 1.69. The molecule has 0 aliphatic carbocycles. The average Bonchev–Trinajstić information content (AvgIpc) is 2.93. The van der Waals surface area contributed by atoms with Gasteiger partial charge < -0.3 is 9.47 Å². The molecule has 0 unspecified atom stereocenters. The van der Waals surface area contributed by atoms with Crippen molar-refractivity contribution in [3.05, 3.63) is 66.0 Å². The number of imidazole rings is 1. The second kappa shape index (κ2) is 6.02. The van der Waals surface area contributed by atoms with E-state index in [2.05, 4.69) is 36.2 Å². The largest absolute Gasteiger partial charge is 0.340 e. The molecule has 22 heavy (non-hydrogen) atoms. The van der Waals surface area contributed by atoms with E-state index >= 15 is 0 Å². The Morgan fingerprint density at radius 1 is 1.14 bits per heavy atom. The molecule has 1 heterocycles. The molecular weight excluding hydrogens is 274 g/mol. The van der Waals surface area contributed by atoms with Crippen LogP contribution in [-0.2, 0) is 17.9 Å². The second-order valence-corrected chi connectivity index (χ2v) is 5.60. The minimum Gasteiger partial charge on any atom is -0.340 e.